The molecule has 0 spiro atoms. The van der Waals surface area contributed by atoms with Gasteiger partial charge in [-0.15, -0.1) is 0 Å². The zero-order valence-electron chi connectivity index (χ0n) is 11.3. The van der Waals surface area contributed by atoms with Crippen molar-refractivity contribution in [2.24, 2.45) is 10.7 Å². The summed E-state index contributed by atoms with van der Waals surface area (Å²) < 4.78 is 5.30. The number of pyridine rings is 1. The molecule has 2 N–H and O–H groups in total. The molecule has 1 saturated heterocycles. The van der Waals surface area contributed by atoms with Gasteiger partial charge in [0, 0.05) is 24.7 Å². The van der Waals surface area contributed by atoms with Gasteiger partial charge in [-0.05, 0) is 23.8 Å². The first-order valence-electron chi connectivity index (χ1n) is 6.79. The Morgan fingerprint density at radius 2 is 2.15 bits per heavy atom. The number of rotatable bonds is 2. The fourth-order valence-corrected chi connectivity index (χ4v) is 2.29. The molecule has 0 aliphatic carbocycles. The number of aromatic nitrogens is 1. The Morgan fingerprint density at radius 1 is 1.30 bits per heavy atom. The number of morpholine rings is 1. The lowest BCUT2D eigenvalue weighted by Gasteiger charge is -2.27. The Hall–Kier alpha value is -2.14. The average molecular weight is 270 g/mol. The number of ether oxygens (including phenoxy) is 1. The summed E-state index contributed by atoms with van der Waals surface area (Å²) in [5.41, 5.74) is 8.16. The fraction of sp³-hybridized carbons (Fsp3) is 0.333. The zero-order chi connectivity index (χ0) is 13.8. The molecule has 0 amide bonds. The molecule has 5 heteroatoms. The first-order valence-corrected chi connectivity index (χ1v) is 6.79. The third kappa shape index (κ3) is 2.88. The summed E-state index contributed by atoms with van der Waals surface area (Å²) in [6, 6.07) is 10.2. The van der Waals surface area contributed by atoms with Crippen molar-refractivity contribution in [1.29, 1.82) is 0 Å². The van der Waals surface area contributed by atoms with E-state index >= 15 is 0 Å². The summed E-state index contributed by atoms with van der Waals surface area (Å²) in [4.78, 5) is 10.8. The van der Waals surface area contributed by atoms with Gasteiger partial charge in [-0.25, -0.2) is 4.99 Å². The average Bonchev–Trinajstić information content (AvgIpc) is 2.53. The molecular formula is C15H18N4O. The SMILES string of the molecule is NC(=NCc1ccc2ncccc2c1)N1CCOCC1. The molecule has 1 aliphatic rings. The second-order valence-electron chi connectivity index (χ2n) is 4.80. The van der Waals surface area contributed by atoms with Crippen molar-refractivity contribution in [1.82, 2.24) is 9.88 Å². The molecule has 1 aromatic carbocycles. The highest BCUT2D eigenvalue weighted by molar-refractivity contribution is 5.80. The number of hydrogen-bond acceptors (Lipinski definition) is 3. The lowest BCUT2D eigenvalue weighted by molar-refractivity contribution is 0.0674. The molecule has 1 aliphatic heterocycles. The molecule has 0 saturated carbocycles. The number of benzene rings is 1. The Bertz CT molecular complexity index is 620. The standard InChI is InChI=1S/C15H18N4O/c16-15(19-6-8-20-9-7-19)18-11-12-3-4-14-13(10-12)2-1-5-17-14/h1-5,10H,6-9,11H2,(H2,16,18). The maximum atomic E-state index is 6.02. The minimum Gasteiger partial charge on any atom is -0.378 e. The van der Waals surface area contributed by atoms with Gasteiger partial charge in [0.2, 0.25) is 0 Å². The maximum absolute atomic E-state index is 6.02. The van der Waals surface area contributed by atoms with Crippen molar-refractivity contribution in [2.75, 3.05) is 26.3 Å². The Kier molecular flexibility index (Phi) is 3.78. The van der Waals surface area contributed by atoms with Gasteiger partial charge in [0.25, 0.3) is 0 Å². The third-order valence-corrected chi connectivity index (χ3v) is 3.43. The van der Waals surface area contributed by atoms with E-state index in [1.54, 1.807) is 6.20 Å². The van der Waals surface area contributed by atoms with Crippen LogP contribution in [0, 0.1) is 0 Å². The highest BCUT2D eigenvalue weighted by Crippen LogP contribution is 2.14. The van der Waals surface area contributed by atoms with E-state index in [-0.39, 0.29) is 0 Å². The van der Waals surface area contributed by atoms with Crippen LogP contribution in [-0.2, 0) is 11.3 Å². The predicted octanol–water partition coefficient (Wildman–Crippen LogP) is 1.38. The summed E-state index contributed by atoms with van der Waals surface area (Å²) in [6.45, 7) is 3.66. The van der Waals surface area contributed by atoms with E-state index in [9.17, 15) is 0 Å². The first-order chi connectivity index (χ1) is 9.83. The number of nitrogens with two attached hydrogens (primary N) is 1. The van der Waals surface area contributed by atoms with Crippen molar-refractivity contribution < 1.29 is 4.74 Å². The summed E-state index contributed by atoms with van der Waals surface area (Å²) in [6.07, 6.45) is 1.80. The molecule has 104 valence electrons. The van der Waals surface area contributed by atoms with Crippen molar-refractivity contribution in [3.05, 3.63) is 42.1 Å². The molecule has 0 atom stereocenters. The van der Waals surface area contributed by atoms with Crippen LogP contribution < -0.4 is 5.73 Å². The van der Waals surface area contributed by atoms with Crippen molar-refractivity contribution in [3.8, 4) is 0 Å². The van der Waals surface area contributed by atoms with Crippen molar-refractivity contribution in [3.63, 3.8) is 0 Å². The van der Waals surface area contributed by atoms with Crippen LogP contribution >= 0.6 is 0 Å². The van der Waals surface area contributed by atoms with Crippen LogP contribution in [0.2, 0.25) is 0 Å². The minimum absolute atomic E-state index is 0.591. The van der Waals surface area contributed by atoms with Crippen LogP contribution in [0.5, 0.6) is 0 Å². The molecule has 0 unspecified atom stereocenters. The Balaban J connectivity index is 1.72. The molecule has 2 heterocycles. The van der Waals surface area contributed by atoms with Gasteiger partial charge in [0.05, 0.1) is 25.3 Å². The van der Waals surface area contributed by atoms with Crippen molar-refractivity contribution in [2.45, 2.75) is 6.54 Å². The number of fused-ring (bicyclic) bond motifs is 1. The fourth-order valence-electron chi connectivity index (χ4n) is 2.29. The lowest BCUT2D eigenvalue weighted by Crippen LogP contribution is -2.44. The Morgan fingerprint density at radius 3 is 3.00 bits per heavy atom. The number of nitrogens with zero attached hydrogens (tertiary/aromatic N) is 3. The van der Waals surface area contributed by atoms with Gasteiger partial charge in [-0.3, -0.25) is 4.98 Å². The molecule has 0 radical (unpaired) electrons. The second-order valence-corrected chi connectivity index (χ2v) is 4.80. The monoisotopic (exact) mass is 270 g/mol. The lowest BCUT2D eigenvalue weighted by atomic mass is 10.1. The van der Waals surface area contributed by atoms with E-state index in [2.05, 4.69) is 27.0 Å². The largest absolute Gasteiger partial charge is 0.378 e. The van der Waals surface area contributed by atoms with Gasteiger partial charge in [0.1, 0.15) is 0 Å². The van der Waals surface area contributed by atoms with Crippen LogP contribution in [-0.4, -0.2) is 42.1 Å². The Labute approximate surface area is 118 Å². The smallest absolute Gasteiger partial charge is 0.191 e. The van der Waals surface area contributed by atoms with E-state index in [0.717, 1.165) is 42.8 Å². The molecule has 5 nitrogen and oxygen atoms in total. The number of aliphatic imine (C=N–C) groups is 1. The number of hydrogen-bond donors (Lipinski definition) is 1. The van der Waals surface area contributed by atoms with Crippen molar-refractivity contribution >= 4 is 16.9 Å². The summed E-state index contributed by atoms with van der Waals surface area (Å²) in [5.74, 6) is 0.597. The van der Waals surface area contributed by atoms with Crippen LogP contribution in [0.25, 0.3) is 10.9 Å². The van der Waals surface area contributed by atoms with Crippen LogP contribution in [0.3, 0.4) is 0 Å². The molecule has 1 aromatic heterocycles. The minimum atomic E-state index is 0.591. The zero-order valence-corrected chi connectivity index (χ0v) is 11.3. The summed E-state index contributed by atoms with van der Waals surface area (Å²) >= 11 is 0. The van der Waals surface area contributed by atoms with Gasteiger partial charge in [-0.1, -0.05) is 12.1 Å². The molecule has 2 aromatic rings. The van der Waals surface area contributed by atoms with Gasteiger partial charge >= 0.3 is 0 Å². The van der Waals surface area contributed by atoms with Crippen LogP contribution in [0.4, 0.5) is 0 Å². The van der Waals surface area contributed by atoms with E-state index in [1.807, 2.05) is 18.2 Å². The third-order valence-electron chi connectivity index (χ3n) is 3.43. The summed E-state index contributed by atoms with van der Waals surface area (Å²) in [7, 11) is 0. The normalized spacial score (nSPS) is 16.6. The molecule has 1 fully saturated rings. The van der Waals surface area contributed by atoms with Gasteiger partial charge in [0.15, 0.2) is 5.96 Å². The maximum Gasteiger partial charge on any atom is 0.191 e. The highest BCUT2D eigenvalue weighted by Gasteiger charge is 2.11. The topological polar surface area (TPSA) is 63.7 Å². The molecule has 20 heavy (non-hydrogen) atoms. The first kappa shape index (κ1) is 12.9. The van der Waals surface area contributed by atoms with Gasteiger partial charge in [-0.2, -0.15) is 0 Å². The van der Waals surface area contributed by atoms with Crippen LogP contribution in [0.15, 0.2) is 41.5 Å². The van der Waals surface area contributed by atoms with Crippen LogP contribution in [0.1, 0.15) is 5.56 Å². The molecule has 3 rings (SSSR count). The molecule has 0 bridgehead atoms. The van der Waals surface area contributed by atoms with E-state index < -0.39 is 0 Å². The second kappa shape index (κ2) is 5.88. The predicted molar refractivity (Wildman–Crippen MR) is 79.5 cm³/mol. The van der Waals surface area contributed by atoms with E-state index in [1.165, 1.54) is 0 Å². The highest BCUT2D eigenvalue weighted by atomic mass is 16.5. The van der Waals surface area contributed by atoms with E-state index in [0.29, 0.717) is 12.5 Å². The molecular weight excluding hydrogens is 252 g/mol. The van der Waals surface area contributed by atoms with Gasteiger partial charge < -0.3 is 15.4 Å². The summed E-state index contributed by atoms with van der Waals surface area (Å²) in [5, 5.41) is 1.13. The van der Waals surface area contributed by atoms with E-state index in [4.69, 9.17) is 10.5 Å². The number of guanidine groups is 1. The quantitative estimate of drug-likeness (QED) is 0.661.